The van der Waals surface area contributed by atoms with Gasteiger partial charge in [-0.2, -0.15) is 5.26 Å². The quantitative estimate of drug-likeness (QED) is 0.318. The van der Waals surface area contributed by atoms with Crippen molar-refractivity contribution in [2.75, 3.05) is 31.1 Å². The fraction of sp³-hybridized carbons (Fsp3) is 0.414. The number of ether oxygens (including phenoxy) is 1. The van der Waals surface area contributed by atoms with E-state index in [4.69, 9.17) is 4.74 Å². The number of anilines is 1. The van der Waals surface area contributed by atoms with Gasteiger partial charge in [0.15, 0.2) is 4.91 Å². The third kappa shape index (κ3) is 5.78. The standard InChI is InChI=1S/C29H34N4O6S/c1-32-22(15-24(16-30)40(37,38)31-17-27-29(36)28(35)26(34)18-39-27)9-10-25(32)21-6-5-20-14-23(8-7-19(20)13-21)33-11-3-2-4-12-33/h5-10,13-15,26-29,31,34-36H,2-4,11-12,17-18H2,1H3. The number of benzene rings is 2. The highest BCUT2D eigenvalue weighted by Gasteiger charge is 2.38. The Hall–Kier alpha value is -3.24. The molecule has 0 bridgehead atoms. The summed E-state index contributed by atoms with van der Waals surface area (Å²) in [6.07, 6.45) is -0.247. The highest BCUT2D eigenvalue weighted by molar-refractivity contribution is 7.93. The molecule has 0 amide bonds. The van der Waals surface area contributed by atoms with E-state index < -0.39 is 39.3 Å². The van der Waals surface area contributed by atoms with Crippen LogP contribution in [0, 0.1) is 11.3 Å². The van der Waals surface area contributed by atoms with Crippen molar-refractivity contribution in [1.82, 2.24) is 9.29 Å². The van der Waals surface area contributed by atoms with Gasteiger partial charge in [0.1, 0.15) is 24.4 Å². The van der Waals surface area contributed by atoms with Crippen LogP contribution in [0.25, 0.3) is 28.1 Å². The molecule has 4 unspecified atom stereocenters. The number of hydrogen-bond acceptors (Lipinski definition) is 8. The lowest BCUT2D eigenvalue weighted by Gasteiger charge is -2.35. The molecule has 0 radical (unpaired) electrons. The van der Waals surface area contributed by atoms with E-state index in [2.05, 4.69) is 40.0 Å². The Bertz CT molecular complexity index is 1550. The molecule has 0 saturated carbocycles. The zero-order chi connectivity index (χ0) is 28.4. The molecule has 3 heterocycles. The summed E-state index contributed by atoms with van der Waals surface area (Å²) in [6.45, 7) is 1.55. The van der Waals surface area contributed by atoms with Gasteiger partial charge in [-0.15, -0.1) is 0 Å². The SMILES string of the molecule is Cn1c(C=C(C#N)S(=O)(=O)NCC2OCC(O)C(O)C2O)ccc1-c1ccc2cc(N3CCCCC3)ccc2c1. The number of piperidine rings is 1. The summed E-state index contributed by atoms with van der Waals surface area (Å²) in [5.74, 6) is 0. The lowest BCUT2D eigenvalue weighted by atomic mass is 10.0. The average molecular weight is 567 g/mol. The van der Waals surface area contributed by atoms with Crippen LogP contribution in [0.15, 0.2) is 53.4 Å². The number of nitriles is 1. The monoisotopic (exact) mass is 566 g/mol. The molecule has 3 aromatic rings. The van der Waals surface area contributed by atoms with E-state index in [0.717, 1.165) is 35.1 Å². The zero-order valence-electron chi connectivity index (χ0n) is 22.3. The van der Waals surface area contributed by atoms with Gasteiger partial charge in [0, 0.05) is 43.8 Å². The second-order valence-electron chi connectivity index (χ2n) is 10.4. The number of fused-ring (bicyclic) bond motifs is 1. The van der Waals surface area contributed by atoms with Gasteiger partial charge in [0.2, 0.25) is 0 Å². The molecule has 212 valence electrons. The fourth-order valence-corrected chi connectivity index (χ4v) is 6.26. The first kappa shape index (κ1) is 28.3. The average Bonchev–Trinajstić information content (AvgIpc) is 3.33. The van der Waals surface area contributed by atoms with Crippen molar-refractivity contribution in [2.45, 2.75) is 43.7 Å². The van der Waals surface area contributed by atoms with E-state index in [1.54, 1.807) is 19.2 Å². The highest BCUT2D eigenvalue weighted by Crippen LogP contribution is 2.30. The van der Waals surface area contributed by atoms with Crippen LogP contribution in [-0.4, -0.2) is 79.0 Å². The molecular formula is C29H34N4O6S. The van der Waals surface area contributed by atoms with Crippen LogP contribution in [-0.2, 0) is 21.8 Å². The second-order valence-corrected chi connectivity index (χ2v) is 12.1. The topological polar surface area (TPSA) is 148 Å². The number of nitrogens with zero attached hydrogens (tertiary/aromatic N) is 3. The summed E-state index contributed by atoms with van der Waals surface area (Å²) >= 11 is 0. The van der Waals surface area contributed by atoms with E-state index in [1.807, 2.05) is 16.7 Å². The number of hydrogen-bond donors (Lipinski definition) is 4. The predicted molar refractivity (Wildman–Crippen MR) is 153 cm³/mol. The van der Waals surface area contributed by atoms with Crippen LogP contribution in [0.1, 0.15) is 25.0 Å². The minimum absolute atomic E-state index is 0.244. The van der Waals surface area contributed by atoms with Gasteiger partial charge in [-0.05, 0) is 72.0 Å². The van der Waals surface area contributed by atoms with Crippen molar-refractivity contribution in [3.63, 3.8) is 0 Å². The minimum Gasteiger partial charge on any atom is -0.388 e. The molecule has 2 aromatic carbocycles. The van der Waals surface area contributed by atoms with Gasteiger partial charge >= 0.3 is 0 Å². The normalized spacial score (nSPS) is 24.3. The number of rotatable bonds is 7. The molecule has 1 aromatic heterocycles. The largest absolute Gasteiger partial charge is 0.388 e. The molecule has 40 heavy (non-hydrogen) atoms. The number of nitrogens with one attached hydrogen (secondary N) is 1. The van der Waals surface area contributed by atoms with Crippen LogP contribution >= 0.6 is 0 Å². The second kappa shape index (κ2) is 11.7. The molecule has 2 aliphatic heterocycles. The maximum Gasteiger partial charge on any atom is 0.250 e. The highest BCUT2D eigenvalue weighted by atomic mass is 32.2. The lowest BCUT2D eigenvalue weighted by molar-refractivity contribution is -0.184. The smallest absolute Gasteiger partial charge is 0.250 e. The Morgan fingerprint density at radius 3 is 2.52 bits per heavy atom. The number of aromatic nitrogens is 1. The van der Waals surface area contributed by atoms with Crippen LogP contribution in [0.3, 0.4) is 0 Å². The summed E-state index contributed by atoms with van der Waals surface area (Å²) in [7, 11) is -2.44. The maximum absolute atomic E-state index is 12.9. The van der Waals surface area contributed by atoms with E-state index in [0.29, 0.717) is 5.69 Å². The summed E-state index contributed by atoms with van der Waals surface area (Å²) in [5.41, 5.74) is 3.58. The summed E-state index contributed by atoms with van der Waals surface area (Å²) in [4.78, 5) is 1.93. The molecule has 2 aliphatic rings. The first-order chi connectivity index (χ1) is 19.2. The zero-order valence-corrected chi connectivity index (χ0v) is 23.1. The predicted octanol–water partition coefficient (Wildman–Crippen LogP) is 2.10. The maximum atomic E-state index is 12.9. The third-order valence-electron chi connectivity index (χ3n) is 7.76. The number of allylic oxidation sites excluding steroid dienone is 1. The van der Waals surface area contributed by atoms with Crippen molar-refractivity contribution in [1.29, 1.82) is 5.26 Å². The first-order valence-electron chi connectivity index (χ1n) is 13.4. The lowest BCUT2D eigenvalue weighted by Crippen LogP contribution is -2.56. The Morgan fingerprint density at radius 2 is 1.77 bits per heavy atom. The molecule has 0 spiro atoms. The Balaban J connectivity index is 1.33. The molecule has 4 N–H and O–H groups in total. The van der Waals surface area contributed by atoms with Crippen molar-refractivity contribution in [3.05, 3.63) is 59.1 Å². The Labute approximate surface area is 233 Å². The first-order valence-corrected chi connectivity index (χ1v) is 14.9. The van der Waals surface area contributed by atoms with Gasteiger partial charge in [0.05, 0.1) is 12.7 Å². The van der Waals surface area contributed by atoms with Crippen LogP contribution < -0.4 is 9.62 Å². The molecule has 11 heteroatoms. The number of aliphatic hydroxyl groups is 3. The molecule has 5 rings (SSSR count). The molecule has 2 saturated heterocycles. The number of sulfonamides is 1. The molecular weight excluding hydrogens is 532 g/mol. The summed E-state index contributed by atoms with van der Waals surface area (Å²) in [6, 6.07) is 18.1. The van der Waals surface area contributed by atoms with Crippen LogP contribution in [0.4, 0.5) is 5.69 Å². The van der Waals surface area contributed by atoms with Crippen LogP contribution in [0.2, 0.25) is 0 Å². The fourth-order valence-electron chi connectivity index (χ4n) is 5.32. The molecule has 2 fully saturated rings. The van der Waals surface area contributed by atoms with E-state index in [9.17, 15) is 29.0 Å². The summed E-state index contributed by atoms with van der Waals surface area (Å²) < 4.78 is 35.1. The van der Waals surface area contributed by atoms with Crippen molar-refractivity contribution >= 4 is 32.6 Å². The Kier molecular flexibility index (Phi) is 8.28. The van der Waals surface area contributed by atoms with Gasteiger partial charge in [-0.3, -0.25) is 0 Å². The van der Waals surface area contributed by atoms with E-state index in [1.165, 1.54) is 31.0 Å². The van der Waals surface area contributed by atoms with Crippen molar-refractivity contribution < 1.29 is 28.5 Å². The minimum atomic E-state index is -4.24. The van der Waals surface area contributed by atoms with Gasteiger partial charge < -0.3 is 29.5 Å². The van der Waals surface area contributed by atoms with Crippen molar-refractivity contribution in [3.8, 4) is 17.3 Å². The van der Waals surface area contributed by atoms with E-state index >= 15 is 0 Å². The van der Waals surface area contributed by atoms with Gasteiger partial charge in [-0.1, -0.05) is 18.2 Å². The third-order valence-corrected chi connectivity index (χ3v) is 9.10. The summed E-state index contributed by atoms with van der Waals surface area (Å²) in [5, 5.41) is 41.4. The Morgan fingerprint density at radius 1 is 1.05 bits per heavy atom. The van der Waals surface area contributed by atoms with E-state index in [-0.39, 0.29) is 13.2 Å². The van der Waals surface area contributed by atoms with Crippen molar-refractivity contribution in [2.24, 2.45) is 7.05 Å². The van der Waals surface area contributed by atoms with Crippen LogP contribution in [0.5, 0.6) is 0 Å². The molecule has 10 nitrogen and oxygen atoms in total. The van der Waals surface area contributed by atoms with Gasteiger partial charge in [-0.25, -0.2) is 13.1 Å². The molecule has 0 aliphatic carbocycles. The van der Waals surface area contributed by atoms with Gasteiger partial charge in [0.25, 0.3) is 10.0 Å². The molecule has 4 atom stereocenters. The number of aliphatic hydroxyl groups excluding tert-OH is 3.